The van der Waals surface area contributed by atoms with Gasteiger partial charge in [-0.05, 0) is 43.2 Å². The van der Waals surface area contributed by atoms with E-state index in [4.69, 9.17) is 9.47 Å². The Hall–Kier alpha value is -3.33. The quantitative estimate of drug-likeness (QED) is 0.312. The van der Waals surface area contributed by atoms with Crippen LogP contribution >= 0.6 is 11.8 Å². The highest BCUT2D eigenvalue weighted by molar-refractivity contribution is 7.99. The molecule has 162 valence electrons. The van der Waals surface area contributed by atoms with E-state index in [1.807, 2.05) is 60.9 Å². The summed E-state index contributed by atoms with van der Waals surface area (Å²) < 4.78 is 12.6. The minimum Gasteiger partial charge on any atom is -0.493 e. The summed E-state index contributed by atoms with van der Waals surface area (Å²) in [5.74, 6) is 1.92. The van der Waals surface area contributed by atoms with Crippen molar-refractivity contribution in [1.29, 1.82) is 0 Å². The van der Waals surface area contributed by atoms with Gasteiger partial charge >= 0.3 is 0 Å². The Morgan fingerprint density at radius 1 is 1.16 bits per heavy atom. The molecule has 0 saturated heterocycles. The van der Waals surface area contributed by atoms with Crippen molar-refractivity contribution in [2.24, 2.45) is 5.10 Å². The van der Waals surface area contributed by atoms with Crippen LogP contribution in [0.1, 0.15) is 18.1 Å². The first-order chi connectivity index (χ1) is 15.1. The molecule has 1 aromatic heterocycles. The summed E-state index contributed by atoms with van der Waals surface area (Å²) in [4.78, 5) is 12.2. The molecule has 1 heterocycles. The van der Waals surface area contributed by atoms with E-state index in [1.54, 1.807) is 20.4 Å². The van der Waals surface area contributed by atoms with Crippen LogP contribution in [0.4, 0.5) is 0 Å². The standard InChI is InChI=1S/C22H25N5O3S/c1-5-27-21(16-10-11-18(29-3)19(12-16)30-4)25-26-22(27)31-14-20(28)24-23-13-17-9-7-6-8-15(17)2/h6-13H,5,14H2,1-4H3,(H,24,28). The van der Waals surface area contributed by atoms with Crippen molar-refractivity contribution in [2.75, 3.05) is 20.0 Å². The minimum absolute atomic E-state index is 0.176. The second-order valence-electron chi connectivity index (χ2n) is 6.56. The number of hydrazone groups is 1. The van der Waals surface area contributed by atoms with Gasteiger partial charge in [-0.3, -0.25) is 4.79 Å². The lowest BCUT2D eigenvalue weighted by atomic mass is 10.1. The number of nitrogens with zero attached hydrogens (tertiary/aromatic N) is 4. The lowest BCUT2D eigenvalue weighted by molar-refractivity contribution is -0.118. The zero-order valence-corrected chi connectivity index (χ0v) is 18.8. The molecule has 0 bridgehead atoms. The molecule has 0 fully saturated rings. The number of aromatic nitrogens is 3. The van der Waals surface area contributed by atoms with Gasteiger partial charge in [-0.1, -0.05) is 36.0 Å². The van der Waals surface area contributed by atoms with Crippen molar-refractivity contribution < 1.29 is 14.3 Å². The van der Waals surface area contributed by atoms with E-state index < -0.39 is 0 Å². The molecule has 31 heavy (non-hydrogen) atoms. The zero-order chi connectivity index (χ0) is 22.2. The highest BCUT2D eigenvalue weighted by atomic mass is 32.2. The van der Waals surface area contributed by atoms with E-state index in [0.29, 0.717) is 29.0 Å². The van der Waals surface area contributed by atoms with Crippen LogP contribution < -0.4 is 14.9 Å². The van der Waals surface area contributed by atoms with Crippen molar-refractivity contribution in [2.45, 2.75) is 25.5 Å². The van der Waals surface area contributed by atoms with E-state index in [9.17, 15) is 4.79 Å². The molecule has 0 spiro atoms. The van der Waals surface area contributed by atoms with Gasteiger partial charge in [-0.2, -0.15) is 5.10 Å². The average Bonchev–Trinajstić information content (AvgIpc) is 3.21. The number of thioether (sulfide) groups is 1. The summed E-state index contributed by atoms with van der Waals surface area (Å²) >= 11 is 1.31. The van der Waals surface area contributed by atoms with E-state index in [-0.39, 0.29) is 11.7 Å². The Balaban J connectivity index is 1.66. The van der Waals surface area contributed by atoms with Crippen LogP contribution in [0.2, 0.25) is 0 Å². The Labute approximate surface area is 185 Å². The number of carbonyl (C=O) groups excluding carboxylic acids is 1. The fraction of sp³-hybridized carbons (Fsp3) is 0.273. The summed E-state index contributed by atoms with van der Waals surface area (Å²) in [5.41, 5.74) is 5.46. The van der Waals surface area contributed by atoms with Gasteiger partial charge in [-0.15, -0.1) is 10.2 Å². The first-order valence-electron chi connectivity index (χ1n) is 9.73. The SMILES string of the molecule is CCn1c(SCC(=O)NN=Cc2ccccc2C)nnc1-c1ccc(OC)c(OC)c1. The number of benzene rings is 2. The maximum atomic E-state index is 12.2. The molecule has 0 aliphatic heterocycles. The number of hydrogen-bond acceptors (Lipinski definition) is 7. The molecular weight excluding hydrogens is 414 g/mol. The predicted octanol–water partition coefficient (Wildman–Crippen LogP) is 3.53. The molecule has 3 rings (SSSR count). The van der Waals surface area contributed by atoms with Crippen molar-refractivity contribution in [3.05, 3.63) is 53.6 Å². The molecule has 9 heteroatoms. The number of nitrogens with one attached hydrogen (secondary N) is 1. The predicted molar refractivity (Wildman–Crippen MR) is 122 cm³/mol. The molecule has 2 aromatic carbocycles. The Kier molecular flexibility index (Phi) is 7.66. The second-order valence-corrected chi connectivity index (χ2v) is 7.50. The summed E-state index contributed by atoms with van der Waals surface area (Å²) in [6.07, 6.45) is 1.64. The van der Waals surface area contributed by atoms with Crippen LogP contribution in [-0.4, -0.2) is 46.9 Å². The summed E-state index contributed by atoms with van der Waals surface area (Å²) in [7, 11) is 3.19. The lowest BCUT2D eigenvalue weighted by Gasteiger charge is -2.10. The Bertz CT molecular complexity index is 1080. The molecule has 0 aliphatic rings. The van der Waals surface area contributed by atoms with Crippen molar-refractivity contribution >= 4 is 23.9 Å². The third-order valence-electron chi connectivity index (χ3n) is 4.59. The van der Waals surface area contributed by atoms with Gasteiger partial charge in [0, 0.05) is 12.1 Å². The van der Waals surface area contributed by atoms with Crippen molar-refractivity contribution in [1.82, 2.24) is 20.2 Å². The normalized spacial score (nSPS) is 11.0. The number of rotatable bonds is 9. The van der Waals surface area contributed by atoms with E-state index in [2.05, 4.69) is 20.7 Å². The Morgan fingerprint density at radius 2 is 1.94 bits per heavy atom. The molecule has 0 atom stereocenters. The first-order valence-corrected chi connectivity index (χ1v) is 10.7. The maximum absolute atomic E-state index is 12.2. The van der Waals surface area contributed by atoms with E-state index in [0.717, 1.165) is 16.7 Å². The minimum atomic E-state index is -0.215. The number of aryl methyl sites for hydroxylation is 1. The van der Waals surface area contributed by atoms with Gasteiger partial charge < -0.3 is 14.0 Å². The van der Waals surface area contributed by atoms with E-state index >= 15 is 0 Å². The van der Waals surface area contributed by atoms with Gasteiger partial charge in [0.05, 0.1) is 26.2 Å². The fourth-order valence-electron chi connectivity index (χ4n) is 2.94. The van der Waals surface area contributed by atoms with Crippen molar-refractivity contribution in [3.8, 4) is 22.9 Å². The third kappa shape index (κ3) is 5.43. The summed E-state index contributed by atoms with van der Waals surface area (Å²) in [6.45, 7) is 4.66. The first kappa shape index (κ1) is 22.4. The molecule has 0 radical (unpaired) electrons. The van der Waals surface area contributed by atoms with Crippen molar-refractivity contribution in [3.63, 3.8) is 0 Å². The largest absolute Gasteiger partial charge is 0.493 e. The zero-order valence-electron chi connectivity index (χ0n) is 18.0. The summed E-state index contributed by atoms with van der Waals surface area (Å²) in [6, 6.07) is 13.4. The highest BCUT2D eigenvalue weighted by Crippen LogP contribution is 2.32. The Morgan fingerprint density at radius 3 is 2.65 bits per heavy atom. The number of methoxy groups -OCH3 is 2. The smallest absolute Gasteiger partial charge is 0.250 e. The third-order valence-corrected chi connectivity index (χ3v) is 5.56. The van der Waals surface area contributed by atoms with Gasteiger partial charge in [0.25, 0.3) is 5.91 Å². The number of hydrogen-bond donors (Lipinski definition) is 1. The number of amides is 1. The molecule has 0 saturated carbocycles. The van der Waals surface area contributed by atoms with Crippen LogP contribution in [0.25, 0.3) is 11.4 Å². The molecule has 8 nitrogen and oxygen atoms in total. The van der Waals surface area contributed by atoms with Gasteiger partial charge in [-0.25, -0.2) is 5.43 Å². The molecule has 1 N–H and O–H groups in total. The van der Waals surface area contributed by atoms with Crippen LogP contribution in [0, 0.1) is 6.92 Å². The topological polar surface area (TPSA) is 90.6 Å². The van der Waals surface area contributed by atoms with Crippen LogP contribution in [0.3, 0.4) is 0 Å². The molecule has 0 aliphatic carbocycles. The van der Waals surface area contributed by atoms with Crippen LogP contribution in [0.15, 0.2) is 52.7 Å². The maximum Gasteiger partial charge on any atom is 0.250 e. The molecule has 3 aromatic rings. The monoisotopic (exact) mass is 439 g/mol. The summed E-state index contributed by atoms with van der Waals surface area (Å²) in [5, 5.41) is 13.3. The number of carbonyl (C=O) groups is 1. The van der Waals surface area contributed by atoms with Crippen LogP contribution in [0.5, 0.6) is 11.5 Å². The highest BCUT2D eigenvalue weighted by Gasteiger charge is 2.16. The fourth-order valence-corrected chi connectivity index (χ4v) is 3.73. The van der Waals surface area contributed by atoms with Crippen LogP contribution in [-0.2, 0) is 11.3 Å². The van der Waals surface area contributed by atoms with Gasteiger partial charge in [0.2, 0.25) is 0 Å². The van der Waals surface area contributed by atoms with Gasteiger partial charge in [0.15, 0.2) is 22.5 Å². The molecule has 1 amide bonds. The average molecular weight is 440 g/mol. The molecule has 0 unspecified atom stereocenters. The lowest BCUT2D eigenvalue weighted by Crippen LogP contribution is -2.20. The second kappa shape index (κ2) is 10.6. The van der Waals surface area contributed by atoms with E-state index in [1.165, 1.54) is 11.8 Å². The number of ether oxygens (including phenoxy) is 2. The molecular formula is C22H25N5O3S. The van der Waals surface area contributed by atoms with Gasteiger partial charge in [0.1, 0.15) is 0 Å².